The number of nitrogens with zero attached hydrogens (tertiary/aromatic N) is 1. The van der Waals surface area contributed by atoms with Crippen LogP contribution in [0.1, 0.15) is 50.8 Å². The first-order valence-electron chi connectivity index (χ1n) is 5.64. The van der Waals surface area contributed by atoms with E-state index in [4.69, 9.17) is 23.2 Å². The quantitative estimate of drug-likeness (QED) is 0.771. The van der Waals surface area contributed by atoms with Gasteiger partial charge in [0.1, 0.15) is 0 Å². The highest BCUT2D eigenvalue weighted by molar-refractivity contribution is 6.34. The molecule has 4 heteroatoms. The van der Waals surface area contributed by atoms with Crippen LogP contribution in [-0.4, -0.2) is 10.1 Å². The Morgan fingerprint density at radius 1 is 1.31 bits per heavy atom. The van der Waals surface area contributed by atoms with E-state index in [1.807, 2.05) is 0 Å². The summed E-state index contributed by atoms with van der Waals surface area (Å²) in [6.07, 6.45) is 6.16. The number of pyridine rings is 1. The van der Waals surface area contributed by atoms with Gasteiger partial charge in [0.25, 0.3) is 0 Å². The maximum atomic E-state index is 9.90. The highest BCUT2D eigenvalue weighted by Crippen LogP contribution is 2.26. The Kier molecular flexibility index (Phi) is 6.10. The lowest BCUT2D eigenvalue weighted by atomic mass is 10.1. The van der Waals surface area contributed by atoms with Crippen molar-refractivity contribution in [2.75, 3.05) is 0 Å². The van der Waals surface area contributed by atoms with Gasteiger partial charge < -0.3 is 5.11 Å². The standard InChI is InChI=1S/C12H17Cl2NO/c1-2-3-4-5-6-11(16)12-10(14)7-9(13)8-15-12/h7-8,11,16H,2-6H2,1H3. The third kappa shape index (κ3) is 4.28. The van der Waals surface area contributed by atoms with Crippen LogP contribution in [0.4, 0.5) is 0 Å². The van der Waals surface area contributed by atoms with Gasteiger partial charge in [0, 0.05) is 6.20 Å². The molecule has 1 heterocycles. The molecule has 2 nitrogen and oxygen atoms in total. The number of unbranched alkanes of at least 4 members (excludes halogenated alkanes) is 3. The number of rotatable bonds is 6. The second-order valence-corrected chi connectivity index (χ2v) is 4.73. The van der Waals surface area contributed by atoms with Crippen LogP contribution in [-0.2, 0) is 0 Å². The van der Waals surface area contributed by atoms with Gasteiger partial charge in [-0.3, -0.25) is 4.98 Å². The van der Waals surface area contributed by atoms with E-state index in [9.17, 15) is 5.11 Å². The zero-order valence-electron chi connectivity index (χ0n) is 9.42. The van der Waals surface area contributed by atoms with Crippen LogP contribution >= 0.6 is 23.2 Å². The average molecular weight is 262 g/mol. The van der Waals surface area contributed by atoms with Gasteiger partial charge in [-0.05, 0) is 12.5 Å². The molecular weight excluding hydrogens is 245 g/mol. The molecule has 0 saturated heterocycles. The molecule has 0 fully saturated rings. The molecule has 1 rings (SSSR count). The Bertz CT molecular complexity index is 331. The van der Waals surface area contributed by atoms with Crippen molar-refractivity contribution in [2.24, 2.45) is 0 Å². The number of aromatic nitrogens is 1. The minimum absolute atomic E-state index is 0.440. The van der Waals surface area contributed by atoms with Crippen LogP contribution in [0.3, 0.4) is 0 Å². The molecule has 90 valence electrons. The molecule has 0 aliphatic rings. The lowest BCUT2D eigenvalue weighted by Crippen LogP contribution is -2.01. The normalized spacial score (nSPS) is 12.8. The molecule has 1 atom stereocenters. The SMILES string of the molecule is CCCCCCC(O)c1ncc(Cl)cc1Cl. The minimum Gasteiger partial charge on any atom is -0.387 e. The van der Waals surface area contributed by atoms with E-state index in [0.717, 1.165) is 12.8 Å². The van der Waals surface area contributed by atoms with E-state index in [-0.39, 0.29) is 0 Å². The highest BCUT2D eigenvalue weighted by atomic mass is 35.5. The van der Waals surface area contributed by atoms with Crippen molar-refractivity contribution in [3.63, 3.8) is 0 Å². The summed E-state index contributed by atoms with van der Waals surface area (Å²) >= 11 is 11.7. The summed E-state index contributed by atoms with van der Waals surface area (Å²) in [5.74, 6) is 0. The zero-order valence-corrected chi connectivity index (χ0v) is 10.9. The van der Waals surface area contributed by atoms with Crippen molar-refractivity contribution in [3.05, 3.63) is 28.0 Å². The van der Waals surface area contributed by atoms with E-state index >= 15 is 0 Å². The zero-order chi connectivity index (χ0) is 12.0. The van der Waals surface area contributed by atoms with Crippen LogP contribution in [0.2, 0.25) is 10.0 Å². The smallest absolute Gasteiger partial charge is 0.0974 e. The second kappa shape index (κ2) is 7.10. The van der Waals surface area contributed by atoms with Gasteiger partial charge in [0.05, 0.1) is 21.8 Å². The fraction of sp³-hybridized carbons (Fsp3) is 0.583. The van der Waals surface area contributed by atoms with Gasteiger partial charge in [0.2, 0.25) is 0 Å². The van der Waals surface area contributed by atoms with Crippen molar-refractivity contribution in [1.82, 2.24) is 4.98 Å². The van der Waals surface area contributed by atoms with Gasteiger partial charge in [-0.25, -0.2) is 0 Å². The molecule has 0 aromatic carbocycles. The molecule has 0 radical (unpaired) electrons. The Balaban J connectivity index is 2.49. The molecule has 0 amide bonds. The molecule has 0 aliphatic carbocycles. The van der Waals surface area contributed by atoms with Crippen molar-refractivity contribution in [2.45, 2.75) is 45.1 Å². The summed E-state index contributed by atoms with van der Waals surface area (Å²) < 4.78 is 0. The largest absolute Gasteiger partial charge is 0.387 e. The van der Waals surface area contributed by atoms with Crippen LogP contribution in [0.15, 0.2) is 12.3 Å². The first-order valence-corrected chi connectivity index (χ1v) is 6.39. The molecule has 0 saturated carbocycles. The number of aliphatic hydroxyl groups excluding tert-OH is 1. The third-order valence-electron chi connectivity index (χ3n) is 2.48. The lowest BCUT2D eigenvalue weighted by Gasteiger charge is -2.11. The monoisotopic (exact) mass is 261 g/mol. The highest BCUT2D eigenvalue weighted by Gasteiger charge is 2.13. The van der Waals surface area contributed by atoms with Crippen molar-refractivity contribution >= 4 is 23.2 Å². The van der Waals surface area contributed by atoms with E-state index < -0.39 is 6.10 Å². The number of halogens is 2. The predicted molar refractivity (Wildman–Crippen MR) is 68.0 cm³/mol. The molecular formula is C12H17Cl2NO. The van der Waals surface area contributed by atoms with Gasteiger partial charge in [-0.2, -0.15) is 0 Å². The molecule has 1 unspecified atom stereocenters. The molecule has 16 heavy (non-hydrogen) atoms. The van der Waals surface area contributed by atoms with Crippen molar-refractivity contribution in [3.8, 4) is 0 Å². The Morgan fingerprint density at radius 2 is 2.06 bits per heavy atom. The lowest BCUT2D eigenvalue weighted by molar-refractivity contribution is 0.159. The fourth-order valence-electron chi connectivity index (χ4n) is 1.57. The first kappa shape index (κ1) is 13.8. The van der Waals surface area contributed by atoms with E-state index in [2.05, 4.69) is 11.9 Å². The van der Waals surface area contributed by atoms with E-state index in [1.165, 1.54) is 19.0 Å². The number of aliphatic hydroxyl groups is 1. The molecule has 1 aromatic rings. The van der Waals surface area contributed by atoms with Gasteiger partial charge in [-0.1, -0.05) is 55.8 Å². The summed E-state index contributed by atoms with van der Waals surface area (Å²) in [7, 11) is 0. The summed E-state index contributed by atoms with van der Waals surface area (Å²) in [5, 5.41) is 10.8. The fourth-order valence-corrected chi connectivity index (χ4v) is 2.08. The summed E-state index contributed by atoms with van der Waals surface area (Å²) in [5.41, 5.74) is 0.530. The summed E-state index contributed by atoms with van der Waals surface area (Å²) in [4.78, 5) is 4.06. The topological polar surface area (TPSA) is 33.1 Å². The van der Waals surface area contributed by atoms with Gasteiger partial charge in [-0.15, -0.1) is 0 Å². The minimum atomic E-state index is -0.582. The van der Waals surface area contributed by atoms with E-state index in [0.29, 0.717) is 22.2 Å². The van der Waals surface area contributed by atoms with E-state index in [1.54, 1.807) is 6.07 Å². The summed E-state index contributed by atoms with van der Waals surface area (Å²) in [6, 6.07) is 1.61. The maximum Gasteiger partial charge on any atom is 0.0974 e. The Morgan fingerprint density at radius 3 is 2.69 bits per heavy atom. The number of hydrogen-bond donors (Lipinski definition) is 1. The van der Waals surface area contributed by atoms with Crippen molar-refractivity contribution in [1.29, 1.82) is 0 Å². The van der Waals surface area contributed by atoms with Gasteiger partial charge >= 0.3 is 0 Å². The number of hydrogen-bond acceptors (Lipinski definition) is 2. The average Bonchev–Trinajstić information content (AvgIpc) is 2.24. The van der Waals surface area contributed by atoms with Crippen molar-refractivity contribution < 1.29 is 5.11 Å². The van der Waals surface area contributed by atoms with Crippen LogP contribution in [0, 0.1) is 0 Å². The molecule has 0 spiro atoms. The van der Waals surface area contributed by atoms with Crippen LogP contribution < -0.4 is 0 Å². The summed E-state index contributed by atoms with van der Waals surface area (Å²) in [6.45, 7) is 2.16. The van der Waals surface area contributed by atoms with Crippen LogP contribution in [0.5, 0.6) is 0 Å². The second-order valence-electron chi connectivity index (χ2n) is 3.89. The molecule has 0 bridgehead atoms. The maximum absolute atomic E-state index is 9.90. The molecule has 0 aliphatic heterocycles. The van der Waals surface area contributed by atoms with Crippen LogP contribution in [0.25, 0.3) is 0 Å². The first-order chi connectivity index (χ1) is 7.65. The predicted octanol–water partition coefficient (Wildman–Crippen LogP) is 4.39. The molecule has 1 N–H and O–H groups in total. The molecule has 1 aromatic heterocycles. The Labute approximate surface area is 107 Å². The Hall–Kier alpha value is -0.310. The van der Waals surface area contributed by atoms with Gasteiger partial charge in [0.15, 0.2) is 0 Å². The third-order valence-corrected chi connectivity index (χ3v) is 2.99.